The molecular weight excluding hydrogens is 298 g/mol. The Morgan fingerprint density at radius 3 is 1.81 bits per heavy atom. The van der Waals surface area contributed by atoms with Gasteiger partial charge in [0, 0.05) is 0 Å². The summed E-state index contributed by atoms with van der Waals surface area (Å²) in [5.41, 5.74) is 0. The first-order chi connectivity index (χ1) is 7.66. The van der Waals surface area contributed by atoms with Gasteiger partial charge in [0.2, 0.25) is 0 Å². The van der Waals surface area contributed by atoms with Crippen molar-refractivity contribution < 1.29 is 0 Å². The van der Waals surface area contributed by atoms with Crippen LogP contribution in [0.5, 0.6) is 0 Å². The van der Waals surface area contributed by atoms with E-state index in [4.69, 9.17) is 0 Å². The van der Waals surface area contributed by atoms with Crippen molar-refractivity contribution in [1.29, 1.82) is 0 Å². The Kier molecular flexibility index (Phi) is 3.36. The van der Waals surface area contributed by atoms with Crippen LogP contribution in [-0.4, -0.2) is 25.1 Å². The molecule has 0 saturated carbocycles. The molecule has 3 aliphatic rings. The molecular formula is C14H27BSn. The van der Waals surface area contributed by atoms with E-state index in [1.54, 1.807) is 53.8 Å². The number of fused-ring (bicyclic) bond motifs is 2. The van der Waals surface area contributed by atoms with Crippen molar-refractivity contribution >= 4 is 25.1 Å². The van der Waals surface area contributed by atoms with Gasteiger partial charge in [0.05, 0.1) is 0 Å². The van der Waals surface area contributed by atoms with Crippen LogP contribution < -0.4 is 0 Å². The summed E-state index contributed by atoms with van der Waals surface area (Å²) in [7, 11) is 0. The molecule has 0 unspecified atom stereocenters. The van der Waals surface area contributed by atoms with Crippen LogP contribution in [0, 0.1) is 0 Å². The van der Waals surface area contributed by atoms with Gasteiger partial charge in [0.15, 0.2) is 0 Å². The summed E-state index contributed by atoms with van der Waals surface area (Å²) in [6, 6.07) is 0. The van der Waals surface area contributed by atoms with Crippen molar-refractivity contribution in [3.63, 3.8) is 0 Å². The molecule has 0 spiro atoms. The molecule has 0 nitrogen and oxygen atoms in total. The van der Waals surface area contributed by atoms with Crippen molar-refractivity contribution in [2.45, 2.75) is 81.2 Å². The Morgan fingerprint density at radius 1 is 0.812 bits per heavy atom. The fraction of sp³-hybridized carbons (Fsp3) is 1.00. The second-order valence-electron chi connectivity index (χ2n) is 7.63. The number of hydrogen-bond acceptors (Lipinski definition) is 0. The minimum absolute atomic E-state index is 1.16. The van der Waals surface area contributed by atoms with Crippen molar-refractivity contribution in [2.24, 2.45) is 0 Å². The average molecular weight is 325 g/mol. The maximum atomic E-state index is 2.70. The first kappa shape index (κ1) is 11.9. The van der Waals surface area contributed by atoms with Gasteiger partial charge in [0.1, 0.15) is 0 Å². The summed E-state index contributed by atoms with van der Waals surface area (Å²) < 4.78 is 3.45. The molecule has 0 N–H and O–H groups in total. The maximum absolute atomic E-state index is 2.70. The SMILES string of the molecule is [CH3][Sn]1([CH3])[CH2]C[C@@H](B2C3CCCC2CCC3)[CH2]1. The number of rotatable bonds is 1. The summed E-state index contributed by atoms with van der Waals surface area (Å²) in [5.74, 6) is 3.52. The van der Waals surface area contributed by atoms with E-state index in [1.807, 2.05) is 0 Å². The molecule has 3 aliphatic heterocycles. The molecule has 0 radical (unpaired) electrons. The van der Waals surface area contributed by atoms with Gasteiger partial charge in [-0.05, 0) is 0 Å². The van der Waals surface area contributed by atoms with Gasteiger partial charge in [0.25, 0.3) is 0 Å². The van der Waals surface area contributed by atoms with Crippen molar-refractivity contribution in [3.8, 4) is 0 Å². The molecule has 0 amide bonds. The molecule has 1 atom stereocenters. The predicted octanol–water partition coefficient (Wildman–Crippen LogP) is 5.07. The third kappa shape index (κ3) is 2.22. The van der Waals surface area contributed by atoms with Gasteiger partial charge in [-0.3, -0.25) is 0 Å². The Balaban J connectivity index is 1.73. The first-order valence-corrected chi connectivity index (χ1v) is 17.4. The monoisotopic (exact) mass is 326 g/mol. The normalized spacial score (nSPS) is 42.4. The minimum atomic E-state index is -1.45. The quantitative estimate of drug-likeness (QED) is 0.591. The molecule has 3 saturated heterocycles. The zero-order valence-electron chi connectivity index (χ0n) is 11.2. The third-order valence-corrected chi connectivity index (χ3v) is 15.3. The van der Waals surface area contributed by atoms with Gasteiger partial charge in [-0.2, -0.15) is 0 Å². The van der Waals surface area contributed by atoms with Gasteiger partial charge in [-0.1, -0.05) is 0 Å². The Labute approximate surface area is 106 Å². The van der Waals surface area contributed by atoms with E-state index in [2.05, 4.69) is 9.88 Å². The van der Waals surface area contributed by atoms with Crippen molar-refractivity contribution in [2.75, 3.05) is 0 Å². The van der Waals surface area contributed by atoms with Crippen LogP contribution in [-0.2, 0) is 0 Å². The van der Waals surface area contributed by atoms with Crippen LogP contribution in [0.3, 0.4) is 0 Å². The van der Waals surface area contributed by atoms with Crippen LogP contribution in [0.25, 0.3) is 0 Å². The molecule has 0 aliphatic carbocycles. The zero-order valence-corrected chi connectivity index (χ0v) is 14.0. The third-order valence-electron chi connectivity index (χ3n) is 5.94. The van der Waals surface area contributed by atoms with Crippen LogP contribution in [0.1, 0.15) is 44.9 Å². The first-order valence-electron chi connectivity index (χ1n) is 7.66. The average Bonchev–Trinajstić information content (AvgIpc) is 2.57. The molecule has 3 rings (SSSR count). The summed E-state index contributed by atoms with van der Waals surface area (Å²) in [4.78, 5) is 5.40. The van der Waals surface area contributed by atoms with Crippen LogP contribution in [0.15, 0.2) is 0 Å². The standard InChI is InChI=1S/C12H21B.2CH3.Sn/c1-3-10(2)13-11-6-4-7-12(13)9-5-8-11;;;/h10-12H,1-9H2;2*1H3;/t10-,11?,12?;;;/m0.../s1. The van der Waals surface area contributed by atoms with E-state index in [1.165, 1.54) is 12.5 Å². The van der Waals surface area contributed by atoms with E-state index in [0.29, 0.717) is 0 Å². The topological polar surface area (TPSA) is 0 Å². The van der Waals surface area contributed by atoms with E-state index < -0.39 is 18.4 Å². The van der Waals surface area contributed by atoms with E-state index in [9.17, 15) is 0 Å². The Bertz CT molecular complexity index is 241. The van der Waals surface area contributed by atoms with E-state index in [0.717, 1.165) is 11.6 Å². The predicted molar refractivity (Wildman–Crippen MR) is 76.4 cm³/mol. The number of hydrogen-bond donors (Lipinski definition) is 0. The molecule has 2 heteroatoms. The molecule has 0 aromatic rings. The molecule has 3 fully saturated rings. The fourth-order valence-electron chi connectivity index (χ4n) is 5.32. The van der Waals surface area contributed by atoms with Gasteiger partial charge in [-0.15, -0.1) is 0 Å². The van der Waals surface area contributed by atoms with E-state index >= 15 is 0 Å². The molecule has 2 bridgehead atoms. The summed E-state index contributed by atoms with van der Waals surface area (Å²) in [6.45, 7) is 1.20. The Morgan fingerprint density at radius 2 is 1.38 bits per heavy atom. The second-order valence-corrected chi connectivity index (χ2v) is 22.6. The molecule has 3 heterocycles. The van der Waals surface area contributed by atoms with Crippen molar-refractivity contribution in [3.05, 3.63) is 0 Å². The zero-order chi connectivity index (χ0) is 11.2. The van der Waals surface area contributed by atoms with E-state index in [-0.39, 0.29) is 0 Å². The molecule has 16 heavy (non-hydrogen) atoms. The van der Waals surface area contributed by atoms with Crippen LogP contribution >= 0.6 is 0 Å². The van der Waals surface area contributed by atoms with Crippen LogP contribution in [0.2, 0.25) is 36.2 Å². The van der Waals surface area contributed by atoms with Gasteiger partial charge in [-0.25, -0.2) is 0 Å². The summed E-state index contributed by atoms with van der Waals surface area (Å²) in [5, 5.41) is 0. The fourth-order valence-corrected chi connectivity index (χ4v) is 14.6. The van der Waals surface area contributed by atoms with Gasteiger partial charge >= 0.3 is 106 Å². The summed E-state index contributed by atoms with van der Waals surface area (Å²) >= 11 is -1.45. The van der Waals surface area contributed by atoms with Gasteiger partial charge < -0.3 is 0 Å². The molecule has 90 valence electrons. The van der Waals surface area contributed by atoms with Crippen LogP contribution in [0.4, 0.5) is 0 Å². The molecule has 0 aromatic carbocycles. The second kappa shape index (κ2) is 4.51. The Hall–Kier alpha value is 0.864. The van der Waals surface area contributed by atoms with Crippen molar-refractivity contribution in [1.82, 2.24) is 0 Å². The summed E-state index contributed by atoms with van der Waals surface area (Å²) in [6.07, 6.45) is 11.1. The molecule has 0 aromatic heterocycles.